The molecule has 0 saturated carbocycles. The summed E-state index contributed by atoms with van der Waals surface area (Å²) in [6.45, 7) is 2.79. The topological polar surface area (TPSA) is 29.3 Å². The maximum Gasteiger partial charge on any atom is 0.330 e. The summed E-state index contributed by atoms with van der Waals surface area (Å²) in [6, 6.07) is 5.98. The number of ether oxygens (including phenoxy) is 1. The average Bonchev–Trinajstić information content (AvgIpc) is 3.01. The highest BCUT2D eigenvalue weighted by atomic mass is 79.9. The van der Waals surface area contributed by atoms with Gasteiger partial charge in [0.2, 0.25) is 0 Å². The molecule has 0 spiro atoms. The van der Waals surface area contributed by atoms with E-state index in [0.717, 1.165) is 16.7 Å². The van der Waals surface area contributed by atoms with Crippen molar-refractivity contribution in [2.45, 2.75) is 13.0 Å². The fraction of sp³-hybridized carbons (Fsp3) is 0.364. The highest BCUT2D eigenvalue weighted by molar-refractivity contribution is 9.10. The van der Waals surface area contributed by atoms with Gasteiger partial charge >= 0.3 is 5.97 Å². The lowest BCUT2D eigenvalue weighted by Crippen LogP contribution is -2.13. The molecule has 80 valence electrons. The van der Waals surface area contributed by atoms with E-state index in [1.807, 2.05) is 30.0 Å². The van der Waals surface area contributed by atoms with Crippen LogP contribution in [0.5, 0.6) is 0 Å². The molecule has 0 aliphatic carbocycles. The first-order valence-corrected chi connectivity index (χ1v) is 5.53. The Hall–Kier alpha value is -1.03. The normalized spacial score (nSPS) is 18.9. The maximum absolute atomic E-state index is 11.2. The SMILES string of the molecule is COC(=O)[C@@H]1CN1c1ccc(C)c(Br)c1. The van der Waals surface area contributed by atoms with Crippen LogP contribution in [0.25, 0.3) is 0 Å². The Morgan fingerprint density at radius 3 is 2.93 bits per heavy atom. The lowest BCUT2D eigenvalue weighted by atomic mass is 10.2. The Labute approximate surface area is 97.2 Å². The molecule has 3 nitrogen and oxygen atoms in total. The third-order valence-corrected chi connectivity index (χ3v) is 3.43. The van der Waals surface area contributed by atoms with Crippen molar-refractivity contribution >= 4 is 27.6 Å². The summed E-state index contributed by atoms with van der Waals surface area (Å²) >= 11 is 3.47. The van der Waals surface area contributed by atoms with Crippen molar-refractivity contribution in [2.75, 3.05) is 18.6 Å². The van der Waals surface area contributed by atoms with Gasteiger partial charge in [0.15, 0.2) is 0 Å². The Bertz CT molecular complexity index is 406. The number of nitrogens with zero attached hydrogens (tertiary/aromatic N) is 1. The van der Waals surface area contributed by atoms with Gasteiger partial charge in [-0.05, 0) is 24.6 Å². The number of halogens is 1. The van der Waals surface area contributed by atoms with Gasteiger partial charge in [-0.1, -0.05) is 22.0 Å². The standard InChI is InChI=1S/C11H12BrNO2/c1-7-3-4-8(5-9(7)12)13-6-10(13)11(14)15-2/h3-5,10H,6H2,1-2H3/t10-,13?/m0/s1. The summed E-state index contributed by atoms with van der Waals surface area (Å²) in [7, 11) is 1.42. The van der Waals surface area contributed by atoms with Gasteiger partial charge in [-0.2, -0.15) is 0 Å². The number of methoxy groups -OCH3 is 1. The zero-order valence-electron chi connectivity index (χ0n) is 8.66. The Kier molecular flexibility index (Phi) is 2.69. The molecule has 1 aromatic carbocycles. The summed E-state index contributed by atoms with van der Waals surface area (Å²) in [5.41, 5.74) is 2.25. The number of esters is 1. The van der Waals surface area contributed by atoms with Crippen LogP contribution in [0.3, 0.4) is 0 Å². The molecule has 2 rings (SSSR count). The zero-order valence-corrected chi connectivity index (χ0v) is 10.2. The van der Waals surface area contributed by atoms with E-state index in [1.165, 1.54) is 12.7 Å². The van der Waals surface area contributed by atoms with Crippen LogP contribution in [0.1, 0.15) is 5.56 Å². The third-order valence-electron chi connectivity index (χ3n) is 2.57. The molecule has 1 fully saturated rings. The lowest BCUT2D eigenvalue weighted by molar-refractivity contribution is -0.139. The highest BCUT2D eigenvalue weighted by Crippen LogP contribution is 2.31. The zero-order chi connectivity index (χ0) is 11.0. The lowest BCUT2D eigenvalue weighted by Gasteiger charge is -2.06. The van der Waals surface area contributed by atoms with Crippen LogP contribution >= 0.6 is 15.9 Å². The summed E-state index contributed by atoms with van der Waals surface area (Å²) in [5.74, 6) is -0.160. The Balaban J connectivity index is 2.13. The number of anilines is 1. The molecule has 1 aliphatic heterocycles. The van der Waals surface area contributed by atoms with Crippen molar-refractivity contribution in [3.05, 3.63) is 28.2 Å². The van der Waals surface area contributed by atoms with Gasteiger partial charge in [0.25, 0.3) is 0 Å². The van der Waals surface area contributed by atoms with Gasteiger partial charge in [0.05, 0.1) is 13.7 Å². The van der Waals surface area contributed by atoms with Gasteiger partial charge < -0.3 is 9.64 Å². The first-order chi connectivity index (χ1) is 7.13. The number of rotatable bonds is 2. The van der Waals surface area contributed by atoms with Gasteiger partial charge in [-0.3, -0.25) is 0 Å². The van der Waals surface area contributed by atoms with Gasteiger partial charge in [-0.25, -0.2) is 4.79 Å². The number of carbonyl (C=O) groups excluding carboxylic acids is 1. The molecule has 1 atom stereocenters. The fourth-order valence-electron chi connectivity index (χ4n) is 1.52. The van der Waals surface area contributed by atoms with Crippen molar-refractivity contribution < 1.29 is 9.53 Å². The van der Waals surface area contributed by atoms with Crippen molar-refractivity contribution in [2.24, 2.45) is 0 Å². The van der Waals surface area contributed by atoms with Crippen LogP contribution in [-0.2, 0) is 9.53 Å². The Morgan fingerprint density at radius 2 is 2.33 bits per heavy atom. The minimum atomic E-state index is -0.160. The molecular formula is C11H12BrNO2. The number of benzene rings is 1. The molecule has 0 aromatic heterocycles. The number of hydrogen-bond donors (Lipinski definition) is 0. The molecular weight excluding hydrogens is 258 g/mol. The van der Waals surface area contributed by atoms with E-state index in [1.54, 1.807) is 0 Å². The minimum absolute atomic E-state index is 0.0930. The van der Waals surface area contributed by atoms with E-state index >= 15 is 0 Å². The van der Waals surface area contributed by atoms with Crippen molar-refractivity contribution in [1.82, 2.24) is 0 Å². The van der Waals surface area contributed by atoms with Crippen molar-refractivity contribution in [3.63, 3.8) is 0 Å². The first-order valence-electron chi connectivity index (χ1n) is 4.74. The second-order valence-electron chi connectivity index (χ2n) is 3.62. The summed E-state index contributed by atoms with van der Waals surface area (Å²) < 4.78 is 5.75. The molecule has 1 heterocycles. The van der Waals surface area contributed by atoms with Crippen LogP contribution in [0.15, 0.2) is 22.7 Å². The van der Waals surface area contributed by atoms with Crippen molar-refractivity contribution in [3.8, 4) is 0 Å². The van der Waals surface area contributed by atoms with Gasteiger partial charge in [0, 0.05) is 10.2 Å². The smallest absolute Gasteiger partial charge is 0.330 e. The Morgan fingerprint density at radius 1 is 1.60 bits per heavy atom. The van der Waals surface area contributed by atoms with Crippen LogP contribution in [0, 0.1) is 6.92 Å². The summed E-state index contributed by atoms with van der Waals surface area (Å²) in [4.78, 5) is 13.2. The second kappa shape index (κ2) is 3.85. The molecule has 0 N–H and O–H groups in total. The summed E-state index contributed by atoms with van der Waals surface area (Å²) in [5, 5.41) is 0. The quantitative estimate of drug-likeness (QED) is 0.609. The fourth-order valence-corrected chi connectivity index (χ4v) is 1.89. The van der Waals surface area contributed by atoms with Gasteiger partial charge in [-0.15, -0.1) is 0 Å². The number of aryl methyl sites for hydroxylation is 1. The average molecular weight is 270 g/mol. The molecule has 1 aliphatic rings. The largest absolute Gasteiger partial charge is 0.467 e. The molecule has 4 heteroatoms. The van der Waals surface area contributed by atoms with E-state index in [2.05, 4.69) is 20.7 Å². The van der Waals surface area contributed by atoms with E-state index in [-0.39, 0.29) is 12.0 Å². The monoisotopic (exact) mass is 269 g/mol. The molecule has 0 unspecified atom stereocenters. The van der Waals surface area contributed by atoms with Crippen LogP contribution < -0.4 is 4.90 Å². The predicted molar refractivity (Wildman–Crippen MR) is 62.0 cm³/mol. The molecule has 0 radical (unpaired) electrons. The number of carbonyl (C=O) groups is 1. The molecule has 0 amide bonds. The maximum atomic E-state index is 11.2. The minimum Gasteiger partial charge on any atom is -0.467 e. The summed E-state index contributed by atoms with van der Waals surface area (Å²) in [6.07, 6.45) is 0. The van der Waals surface area contributed by atoms with E-state index in [4.69, 9.17) is 0 Å². The second-order valence-corrected chi connectivity index (χ2v) is 4.48. The van der Waals surface area contributed by atoms with Crippen molar-refractivity contribution in [1.29, 1.82) is 0 Å². The number of hydrogen-bond acceptors (Lipinski definition) is 3. The van der Waals surface area contributed by atoms with Crippen LogP contribution in [0.2, 0.25) is 0 Å². The van der Waals surface area contributed by atoms with Gasteiger partial charge in [0.1, 0.15) is 6.04 Å². The highest BCUT2D eigenvalue weighted by Gasteiger charge is 2.41. The molecule has 1 aromatic rings. The van der Waals surface area contributed by atoms with Crippen LogP contribution in [-0.4, -0.2) is 25.7 Å². The van der Waals surface area contributed by atoms with Crippen LogP contribution in [0.4, 0.5) is 5.69 Å². The molecule has 0 bridgehead atoms. The first kappa shape index (κ1) is 10.5. The van der Waals surface area contributed by atoms with E-state index in [0.29, 0.717) is 0 Å². The third kappa shape index (κ3) is 2.00. The van der Waals surface area contributed by atoms with E-state index in [9.17, 15) is 4.79 Å². The molecule has 15 heavy (non-hydrogen) atoms. The molecule has 1 saturated heterocycles. The predicted octanol–water partition coefficient (Wildman–Crippen LogP) is 2.12. The van der Waals surface area contributed by atoms with E-state index < -0.39 is 0 Å².